The van der Waals surface area contributed by atoms with E-state index >= 15 is 0 Å². The quantitative estimate of drug-likeness (QED) is 0.844. The minimum absolute atomic E-state index is 0.0232. The van der Waals surface area contributed by atoms with Gasteiger partial charge < -0.3 is 15.4 Å². The van der Waals surface area contributed by atoms with E-state index in [2.05, 4.69) is 15.4 Å². The van der Waals surface area contributed by atoms with Gasteiger partial charge in [-0.2, -0.15) is 8.78 Å². The highest BCUT2D eigenvalue weighted by atomic mass is 35.5. The molecule has 0 saturated heterocycles. The molecule has 0 atom stereocenters. The molecule has 0 heterocycles. The van der Waals surface area contributed by atoms with E-state index in [0.717, 1.165) is 5.69 Å². The van der Waals surface area contributed by atoms with Crippen LogP contribution >= 0.6 is 11.6 Å². The number of halogens is 3. The Morgan fingerprint density at radius 1 is 1.14 bits per heavy atom. The molecule has 0 aliphatic carbocycles. The average molecular weight is 327 g/mol. The summed E-state index contributed by atoms with van der Waals surface area (Å²) in [4.78, 5) is 11.8. The minimum Gasteiger partial charge on any atom is -0.433 e. The SMILES string of the molecule is O=C(CNc1ccc(Cl)cc1)Nc1ccccc1OC(F)F. The van der Waals surface area contributed by atoms with Gasteiger partial charge in [0.05, 0.1) is 12.2 Å². The van der Waals surface area contributed by atoms with Crippen molar-refractivity contribution in [3.8, 4) is 5.75 Å². The van der Waals surface area contributed by atoms with Gasteiger partial charge >= 0.3 is 6.61 Å². The summed E-state index contributed by atoms with van der Waals surface area (Å²) in [5.41, 5.74) is 0.905. The third kappa shape index (κ3) is 4.89. The molecule has 116 valence electrons. The van der Waals surface area contributed by atoms with Crippen LogP contribution in [0.25, 0.3) is 0 Å². The summed E-state index contributed by atoms with van der Waals surface area (Å²) in [6, 6.07) is 12.8. The van der Waals surface area contributed by atoms with E-state index in [4.69, 9.17) is 11.6 Å². The molecule has 7 heteroatoms. The molecule has 22 heavy (non-hydrogen) atoms. The second kappa shape index (κ2) is 7.61. The van der Waals surface area contributed by atoms with Crippen molar-refractivity contribution in [1.29, 1.82) is 0 Å². The summed E-state index contributed by atoms with van der Waals surface area (Å²) >= 11 is 5.76. The van der Waals surface area contributed by atoms with Gasteiger partial charge in [-0.25, -0.2) is 0 Å². The third-order valence-corrected chi connectivity index (χ3v) is 2.93. The smallest absolute Gasteiger partial charge is 0.387 e. The van der Waals surface area contributed by atoms with E-state index in [-0.39, 0.29) is 23.9 Å². The first-order valence-electron chi connectivity index (χ1n) is 6.38. The van der Waals surface area contributed by atoms with E-state index < -0.39 is 6.61 Å². The topological polar surface area (TPSA) is 50.4 Å². The molecule has 0 spiro atoms. The van der Waals surface area contributed by atoms with Crippen molar-refractivity contribution >= 4 is 28.9 Å². The molecular weight excluding hydrogens is 314 g/mol. The number of hydrogen-bond donors (Lipinski definition) is 2. The zero-order valence-electron chi connectivity index (χ0n) is 11.4. The van der Waals surface area contributed by atoms with Gasteiger partial charge in [-0.15, -0.1) is 0 Å². The maximum atomic E-state index is 12.3. The number of ether oxygens (including phenoxy) is 1. The zero-order valence-corrected chi connectivity index (χ0v) is 12.1. The van der Waals surface area contributed by atoms with Crippen LogP contribution in [0.2, 0.25) is 5.02 Å². The Kier molecular flexibility index (Phi) is 5.55. The van der Waals surface area contributed by atoms with Gasteiger partial charge in [0, 0.05) is 10.7 Å². The van der Waals surface area contributed by atoms with Gasteiger partial charge in [0.2, 0.25) is 5.91 Å². The van der Waals surface area contributed by atoms with Crippen LogP contribution in [0.15, 0.2) is 48.5 Å². The molecule has 0 unspecified atom stereocenters. The lowest BCUT2D eigenvalue weighted by Crippen LogP contribution is -2.22. The molecule has 0 aliphatic heterocycles. The molecule has 0 aromatic heterocycles. The number of carbonyl (C=O) groups is 1. The predicted molar refractivity (Wildman–Crippen MR) is 81.6 cm³/mol. The Bertz CT molecular complexity index is 636. The number of amides is 1. The molecule has 2 aromatic carbocycles. The highest BCUT2D eigenvalue weighted by Crippen LogP contribution is 2.25. The van der Waals surface area contributed by atoms with Gasteiger partial charge in [-0.3, -0.25) is 4.79 Å². The molecule has 4 nitrogen and oxygen atoms in total. The lowest BCUT2D eigenvalue weighted by atomic mass is 10.3. The second-order valence-electron chi connectivity index (χ2n) is 4.28. The monoisotopic (exact) mass is 326 g/mol. The zero-order chi connectivity index (χ0) is 15.9. The molecule has 2 rings (SSSR count). The summed E-state index contributed by atoms with van der Waals surface area (Å²) in [5, 5.41) is 5.99. The first kappa shape index (κ1) is 16.0. The van der Waals surface area contributed by atoms with Crippen molar-refractivity contribution in [2.75, 3.05) is 17.2 Å². The average Bonchev–Trinajstić information content (AvgIpc) is 2.48. The Balaban J connectivity index is 1.93. The molecule has 0 aliphatic rings. The maximum absolute atomic E-state index is 12.3. The van der Waals surface area contributed by atoms with Crippen LogP contribution < -0.4 is 15.4 Å². The van der Waals surface area contributed by atoms with Crippen molar-refractivity contribution in [3.05, 3.63) is 53.6 Å². The number of rotatable bonds is 6. The van der Waals surface area contributed by atoms with Crippen LogP contribution in [0.4, 0.5) is 20.2 Å². The number of benzene rings is 2. The number of anilines is 2. The summed E-state index contributed by atoms with van der Waals surface area (Å²) in [6.45, 7) is -2.98. The Morgan fingerprint density at radius 2 is 1.82 bits per heavy atom. The van der Waals surface area contributed by atoms with E-state index in [9.17, 15) is 13.6 Å². The first-order chi connectivity index (χ1) is 10.5. The summed E-state index contributed by atoms with van der Waals surface area (Å²) in [6.07, 6.45) is 0. The van der Waals surface area contributed by atoms with E-state index in [0.29, 0.717) is 5.02 Å². The van der Waals surface area contributed by atoms with Gasteiger partial charge in [-0.05, 0) is 36.4 Å². The molecular formula is C15H13ClF2N2O2. The fraction of sp³-hybridized carbons (Fsp3) is 0.133. The highest BCUT2D eigenvalue weighted by molar-refractivity contribution is 6.30. The molecule has 0 fully saturated rings. The number of para-hydroxylation sites is 2. The molecule has 2 N–H and O–H groups in total. The number of alkyl halides is 2. The maximum Gasteiger partial charge on any atom is 0.387 e. The minimum atomic E-state index is -2.95. The highest BCUT2D eigenvalue weighted by Gasteiger charge is 2.11. The van der Waals surface area contributed by atoms with Crippen LogP contribution in [0, 0.1) is 0 Å². The number of hydrogen-bond acceptors (Lipinski definition) is 3. The third-order valence-electron chi connectivity index (χ3n) is 2.67. The fourth-order valence-electron chi connectivity index (χ4n) is 1.71. The van der Waals surface area contributed by atoms with Crippen molar-refractivity contribution in [2.45, 2.75) is 6.61 Å². The summed E-state index contributed by atoms with van der Waals surface area (Å²) < 4.78 is 28.9. The second-order valence-corrected chi connectivity index (χ2v) is 4.72. The van der Waals surface area contributed by atoms with Crippen LogP contribution in [-0.4, -0.2) is 19.1 Å². The lowest BCUT2D eigenvalue weighted by molar-refractivity contribution is -0.114. The van der Waals surface area contributed by atoms with E-state index in [1.807, 2.05) is 0 Å². The van der Waals surface area contributed by atoms with Gasteiger partial charge in [0.25, 0.3) is 0 Å². The largest absolute Gasteiger partial charge is 0.433 e. The van der Waals surface area contributed by atoms with Crippen molar-refractivity contribution < 1.29 is 18.3 Å². The van der Waals surface area contributed by atoms with Crippen molar-refractivity contribution in [3.63, 3.8) is 0 Å². The normalized spacial score (nSPS) is 10.4. The molecule has 0 radical (unpaired) electrons. The van der Waals surface area contributed by atoms with Crippen LogP contribution in [-0.2, 0) is 4.79 Å². The van der Waals surface area contributed by atoms with Crippen LogP contribution in [0.3, 0.4) is 0 Å². The standard InChI is InChI=1S/C15H13ClF2N2O2/c16-10-5-7-11(8-6-10)19-9-14(21)20-12-3-1-2-4-13(12)22-15(17)18/h1-8,15,19H,9H2,(H,20,21). The molecule has 1 amide bonds. The van der Waals surface area contributed by atoms with Crippen molar-refractivity contribution in [1.82, 2.24) is 0 Å². The van der Waals surface area contributed by atoms with E-state index in [1.54, 1.807) is 36.4 Å². The molecule has 0 saturated carbocycles. The molecule has 0 bridgehead atoms. The summed E-state index contributed by atoms with van der Waals surface area (Å²) in [5.74, 6) is -0.474. The fourth-order valence-corrected chi connectivity index (χ4v) is 1.84. The first-order valence-corrected chi connectivity index (χ1v) is 6.75. The van der Waals surface area contributed by atoms with Crippen molar-refractivity contribution in [2.24, 2.45) is 0 Å². The van der Waals surface area contributed by atoms with Crippen LogP contribution in [0.5, 0.6) is 5.75 Å². The van der Waals surface area contributed by atoms with Gasteiger partial charge in [0.15, 0.2) is 0 Å². The Hall–Kier alpha value is -2.34. The summed E-state index contributed by atoms with van der Waals surface area (Å²) in [7, 11) is 0. The van der Waals surface area contributed by atoms with Gasteiger partial charge in [0.1, 0.15) is 5.75 Å². The Morgan fingerprint density at radius 3 is 2.50 bits per heavy atom. The Labute approximate surface area is 131 Å². The number of nitrogens with one attached hydrogen (secondary N) is 2. The number of carbonyl (C=O) groups excluding carboxylic acids is 1. The van der Waals surface area contributed by atoms with Gasteiger partial charge in [-0.1, -0.05) is 23.7 Å². The van der Waals surface area contributed by atoms with E-state index in [1.165, 1.54) is 12.1 Å². The van der Waals surface area contributed by atoms with Crippen LogP contribution in [0.1, 0.15) is 0 Å². The predicted octanol–water partition coefficient (Wildman–Crippen LogP) is 3.99. The molecule has 2 aromatic rings. The lowest BCUT2D eigenvalue weighted by Gasteiger charge is -2.12.